The second-order valence-corrected chi connectivity index (χ2v) is 5.10. The molecule has 92 valence electrons. The molecule has 0 bridgehead atoms. The summed E-state index contributed by atoms with van der Waals surface area (Å²) < 4.78 is 5.59. The Bertz CT molecular complexity index is 301. The van der Waals surface area contributed by atoms with E-state index in [4.69, 9.17) is 10.2 Å². The summed E-state index contributed by atoms with van der Waals surface area (Å²) in [6.45, 7) is 3.59. The summed E-state index contributed by atoms with van der Waals surface area (Å²) in [6, 6.07) is 4.55. The summed E-state index contributed by atoms with van der Waals surface area (Å²) >= 11 is 1.89. The van der Waals surface area contributed by atoms with E-state index < -0.39 is 0 Å². The van der Waals surface area contributed by atoms with Crippen LogP contribution in [-0.4, -0.2) is 30.0 Å². The van der Waals surface area contributed by atoms with Gasteiger partial charge in [0.2, 0.25) is 0 Å². The maximum atomic E-state index is 5.59. The van der Waals surface area contributed by atoms with Crippen LogP contribution in [0.2, 0.25) is 0 Å². The summed E-state index contributed by atoms with van der Waals surface area (Å²) in [5, 5.41) is 0. The first-order valence-corrected chi connectivity index (χ1v) is 7.03. The predicted octanol–water partition coefficient (Wildman–Crippen LogP) is 2.31. The average Bonchev–Trinajstić information content (AvgIpc) is 2.73. The molecule has 1 atom stereocenters. The molecule has 1 unspecified atom stereocenters. The monoisotopic (exact) mass is 242 g/mol. The Hall–Kier alpha value is -0.450. The van der Waals surface area contributed by atoms with Crippen LogP contribution in [0.15, 0.2) is 16.5 Å². The molecule has 0 fully saturated rings. The second-order valence-electron chi connectivity index (χ2n) is 4.12. The number of hydrogen-bond donors (Lipinski definition) is 1. The van der Waals surface area contributed by atoms with Crippen molar-refractivity contribution in [3.05, 3.63) is 23.7 Å². The third-order valence-electron chi connectivity index (χ3n) is 2.82. The summed E-state index contributed by atoms with van der Waals surface area (Å²) in [6.07, 6.45) is 3.36. The smallest absolute Gasteiger partial charge is 0.118 e. The Labute approximate surface area is 102 Å². The topological polar surface area (TPSA) is 42.4 Å². The first kappa shape index (κ1) is 13.6. The molecule has 1 aromatic heterocycles. The van der Waals surface area contributed by atoms with Gasteiger partial charge >= 0.3 is 0 Å². The Kier molecular flexibility index (Phi) is 5.95. The maximum absolute atomic E-state index is 5.59. The minimum absolute atomic E-state index is 0.478. The highest BCUT2D eigenvalue weighted by molar-refractivity contribution is 7.98. The van der Waals surface area contributed by atoms with Gasteiger partial charge in [0.05, 0.1) is 13.1 Å². The van der Waals surface area contributed by atoms with Gasteiger partial charge in [0.25, 0.3) is 0 Å². The minimum Gasteiger partial charge on any atom is -0.463 e. The molecule has 0 saturated heterocycles. The van der Waals surface area contributed by atoms with E-state index in [0.717, 1.165) is 18.1 Å². The fraction of sp³-hybridized carbons (Fsp3) is 0.667. The van der Waals surface area contributed by atoms with Crippen LogP contribution >= 0.6 is 11.8 Å². The highest BCUT2D eigenvalue weighted by atomic mass is 32.2. The van der Waals surface area contributed by atoms with Crippen LogP contribution in [0.4, 0.5) is 0 Å². The van der Waals surface area contributed by atoms with Crippen molar-refractivity contribution in [1.29, 1.82) is 0 Å². The highest BCUT2D eigenvalue weighted by Crippen LogP contribution is 2.13. The number of nitrogens with zero attached hydrogens (tertiary/aromatic N) is 1. The van der Waals surface area contributed by atoms with E-state index in [1.54, 1.807) is 0 Å². The Morgan fingerprint density at radius 3 is 2.69 bits per heavy atom. The van der Waals surface area contributed by atoms with E-state index in [1.165, 1.54) is 12.2 Å². The van der Waals surface area contributed by atoms with Crippen molar-refractivity contribution < 1.29 is 4.42 Å². The molecular weight excluding hydrogens is 220 g/mol. The van der Waals surface area contributed by atoms with Gasteiger partial charge in [-0.1, -0.05) is 0 Å². The molecular formula is C12H22N2OS. The van der Waals surface area contributed by atoms with E-state index in [1.807, 2.05) is 23.9 Å². The molecule has 0 radical (unpaired) electrons. The molecule has 1 aromatic rings. The maximum Gasteiger partial charge on any atom is 0.118 e. The molecule has 0 aliphatic heterocycles. The van der Waals surface area contributed by atoms with E-state index in [2.05, 4.69) is 25.1 Å². The third kappa shape index (κ3) is 4.20. The van der Waals surface area contributed by atoms with Crippen molar-refractivity contribution in [3.63, 3.8) is 0 Å². The van der Waals surface area contributed by atoms with Crippen molar-refractivity contribution in [2.75, 3.05) is 19.1 Å². The van der Waals surface area contributed by atoms with Crippen molar-refractivity contribution in [2.24, 2.45) is 5.73 Å². The number of furan rings is 1. The minimum atomic E-state index is 0.478. The van der Waals surface area contributed by atoms with Crippen LogP contribution < -0.4 is 5.73 Å². The van der Waals surface area contributed by atoms with Crippen LogP contribution in [0.5, 0.6) is 0 Å². The van der Waals surface area contributed by atoms with Crippen molar-refractivity contribution in [3.8, 4) is 0 Å². The lowest BCUT2D eigenvalue weighted by molar-refractivity contribution is 0.224. The Morgan fingerprint density at radius 2 is 2.12 bits per heavy atom. The molecule has 4 heteroatoms. The fourth-order valence-corrected chi connectivity index (χ4v) is 2.10. The molecule has 1 rings (SSSR count). The zero-order valence-corrected chi connectivity index (χ0v) is 11.2. The summed E-state index contributed by atoms with van der Waals surface area (Å²) in [7, 11) is 2.13. The van der Waals surface area contributed by atoms with Crippen molar-refractivity contribution in [1.82, 2.24) is 4.90 Å². The van der Waals surface area contributed by atoms with Gasteiger partial charge in [0.1, 0.15) is 11.5 Å². The van der Waals surface area contributed by atoms with Crippen LogP contribution in [0.3, 0.4) is 0 Å². The van der Waals surface area contributed by atoms with Gasteiger partial charge in [0, 0.05) is 6.04 Å². The van der Waals surface area contributed by atoms with Crippen LogP contribution in [0, 0.1) is 0 Å². The van der Waals surface area contributed by atoms with Gasteiger partial charge in [0.15, 0.2) is 0 Å². The van der Waals surface area contributed by atoms with Crippen molar-refractivity contribution in [2.45, 2.75) is 32.5 Å². The van der Waals surface area contributed by atoms with E-state index in [-0.39, 0.29) is 0 Å². The van der Waals surface area contributed by atoms with E-state index in [0.29, 0.717) is 12.6 Å². The normalized spacial score (nSPS) is 13.3. The zero-order chi connectivity index (χ0) is 12.0. The lowest BCUT2D eigenvalue weighted by Crippen LogP contribution is -2.28. The molecule has 2 N–H and O–H groups in total. The molecule has 0 amide bonds. The van der Waals surface area contributed by atoms with Gasteiger partial charge < -0.3 is 10.2 Å². The molecule has 1 heterocycles. The lowest BCUT2D eigenvalue weighted by atomic mass is 10.2. The largest absolute Gasteiger partial charge is 0.463 e. The zero-order valence-electron chi connectivity index (χ0n) is 10.4. The van der Waals surface area contributed by atoms with Crippen molar-refractivity contribution >= 4 is 11.8 Å². The predicted molar refractivity (Wildman–Crippen MR) is 70.5 cm³/mol. The van der Waals surface area contributed by atoms with Gasteiger partial charge in [-0.3, -0.25) is 4.90 Å². The molecule has 0 aliphatic carbocycles. The fourth-order valence-electron chi connectivity index (χ4n) is 1.53. The van der Waals surface area contributed by atoms with Gasteiger partial charge in [-0.2, -0.15) is 11.8 Å². The van der Waals surface area contributed by atoms with E-state index in [9.17, 15) is 0 Å². The summed E-state index contributed by atoms with van der Waals surface area (Å²) in [4.78, 5) is 2.31. The number of hydrogen-bond acceptors (Lipinski definition) is 4. The molecule has 0 saturated carbocycles. The number of nitrogens with two attached hydrogens (primary N) is 1. The highest BCUT2D eigenvalue weighted by Gasteiger charge is 2.11. The number of rotatable bonds is 7. The second kappa shape index (κ2) is 6.99. The van der Waals surface area contributed by atoms with Gasteiger partial charge in [-0.25, -0.2) is 0 Å². The standard InChI is InChI=1S/C12H22N2OS/c1-10(6-7-16-3)14(2)9-12-5-4-11(8-13)15-12/h4-5,10H,6-9,13H2,1-3H3. The Morgan fingerprint density at radius 1 is 1.44 bits per heavy atom. The van der Waals surface area contributed by atoms with Gasteiger partial charge in [-0.05, 0) is 44.5 Å². The molecule has 16 heavy (non-hydrogen) atoms. The van der Waals surface area contributed by atoms with Crippen LogP contribution in [0.1, 0.15) is 24.9 Å². The SMILES string of the molecule is CSCCC(C)N(C)Cc1ccc(CN)o1. The molecule has 3 nitrogen and oxygen atoms in total. The lowest BCUT2D eigenvalue weighted by Gasteiger charge is -2.23. The first-order valence-electron chi connectivity index (χ1n) is 5.64. The summed E-state index contributed by atoms with van der Waals surface area (Å²) in [5.41, 5.74) is 5.51. The number of thioether (sulfide) groups is 1. The quantitative estimate of drug-likeness (QED) is 0.797. The third-order valence-corrected chi connectivity index (χ3v) is 3.46. The van der Waals surface area contributed by atoms with Crippen LogP contribution in [-0.2, 0) is 13.1 Å². The molecule has 0 spiro atoms. The Balaban J connectivity index is 2.40. The molecule has 0 aliphatic rings. The first-order chi connectivity index (χ1) is 7.67. The molecule has 0 aromatic carbocycles. The van der Waals surface area contributed by atoms with Gasteiger partial charge in [-0.15, -0.1) is 0 Å². The van der Waals surface area contributed by atoms with Crippen LogP contribution in [0.25, 0.3) is 0 Å². The van der Waals surface area contributed by atoms with E-state index >= 15 is 0 Å². The average molecular weight is 242 g/mol. The summed E-state index contributed by atoms with van der Waals surface area (Å²) in [5.74, 6) is 3.07.